The number of aliphatic hydroxyl groups excluding tert-OH is 1. The number of hydrogen-bond acceptors (Lipinski definition) is 5. The molecule has 1 heterocycles. The molecule has 0 aromatic heterocycles. The molecule has 0 atom stereocenters. The molecule has 31 heavy (non-hydrogen) atoms. The number of amides is 2. The van der Waals surface area contributed by atoms with E-state index < -0.39 is 23.1 Å². The maximum Gasteiger partial charge on any atom is 0.409 e. The molecule has 0 unspecified atom stereocenters. The number of methoxy groups -OCH3 is 1. The highest BCUT2D eigenvalue weighted by molar-refractivity contribution is 6.05. The lowest BCUT2D eigenvalue weighted by atomic mass is 9.88. The first-order chi connectivity index (χ1) is 14.9. The largest absolute Gasteiger partial charge is 0.453 e. The number of ether oxygens (including phenoxy) is 1. The number of benzene rings is 2. The van der Waals surface area contributed by atoms with Gasteiger partial charge in [-0.15, -0.1) is 0 Å². The molecule has 3 N–H and O–H groups in total. The molecule has 166 valence electrons. The van der Waals surface area contributed by atoms with Crippen LogP contribution in [0, 0.1) is 23.0 Å². The van der Waals surface area contributed by atoms with Crippen LogP contribution in [0.1, 0.15) is 28.8 Å². The Balaban J connectivity index is 0.00000166. The smallest absolute Gasteiger partial charge is 0.409 e. The van der Waals surface area contributed by atoms with Crippen molar-refractivity contribution in [3.63, 3.8) is 0 Å². The van der Waals surface area contributed by atoms with Crippen LogP contribution < -0.4 is 5.32 Å². The highest BCUT2D eigenvalue weighted by Gasteiger charge is 2.26. The zero-order chi connectivity index (χ0) is 23.0. The fourth-order valence-corrected chi connectivity index (χ4v) is 3.36. The standard InChI is InChI=1S/C21H21F2N3O3.CH4O/c1-29-21(28)26-11-9-14(10-12-26)19(24)13-5-7-15(8-6-13)25-20(27)18-16(22)3-2-4-17(18)23;1-2/h2-8,14,24H,9-12H2,1H3,(H,25,27);2H,1H3. The van der Waals surface area contributed by atoms with Crippen LogP contribution >= 0.6 is 0 Å². The summed E-state index contributed by atoms with van der Waals surface area (Å²) in [7, 11) is 2.34. The van der Waals surface area contributed by atoms with Gasteiger partial charge >= 0.3 is 6.09 Å². The third kappa shape index (κ3) is 5.85. The molecule has 1 saturated heterocycles. The lowest BCUT2D eigenvalue weighted by Gasteiger charge is -2.31. The Morgan fingerprint density at radius 2 is 1.61 bits per heavy atom. The molecule has 1 aliphatic rings. The number of anilines is 1. The Labute approximate surface area is 179 Å². The van der Waals surface area contributed by atoms with Crippen molar-refractivity contribution in [1.82, 2.24) is 4.90 Å². The number of piperidine rings is 1. The van der Waals surface area contributed by atoms with Crippen molar-refractivity contribution in [3.05, 3.63) is 65.2 Å². The molecule has 0 saturated carbocycles. The summed E-state index contributed by atoms with van der Waals surface area (Å²) in [6, 6.07) is 9.78. The quantitative estimate of drug-likeness (QED) is 0.640. The molecule has 0 spiro atoms. The molecule has 1 fully saturated rings. The zero-order valence-corrected chi connectivity index (χ0v) is 17.3. The van der Waals surface area contributed by atoms with E-state index in [2.05, 4.69) is 5.32 Å². The number of nitrogens with one attached hydrogen (secondary N) is 2. The Kier molecular flexibility index (Phi) is 8.63. The van der Waals surface area contributed by atoms with Gasteiger partial charge in [-0.05, 0) is 42.7 Å². The van der Waals surface area contributed by atoms with Gasteiger partial charge in [0, 0.05) is 37.5 Å². The molecule has 3 rings (SSSR count). The van der Waals surface area contributed by atoms with Crippen LogP contribution in [0.4, 0.5) is 19.3 Å². The molecule has 1 aliphatic heterocycles. The first-order valence-electron chi connectivity index (χ1n) is 9.62. The third-order valence-corrected chi connectivity index (χ3v) is 4.98. The second kappa shape index (κ2) is 11.2. The predicted molar refractivity (Wildman–Crippen MR) is 112 cm³/mol. The molecule has 0 bridgehead atoms. The monoisotopic (exact) mass is 433 g/mol. The van der Waals surface area contributed by atoms with E-state index >= 15 is 0 Å². The van der Waals surface area contributed by atoms with E-state index in [-0.39, 0.29) is 12.0 Å². The first kappa shape index (κ1) is 23.9. The fraction of sp³-hybridized carbons (Fsp3) is 0.318. The van der Waals surface area contributed by atoms with Crippen LogP contribution in [0.2, 0.25) is 0 Å². The summed E-state index contributed by atoms with van der Waals surface area (Å²) in [5.74, 6) is -2.72. The summed E-state index contributed by atoms with van der Waals surface area (Å²) in [5, 5.41) is 17.9. The van der Waals surface area contributed by atoms with Crippen LogP contribution in [0.3, 0.4) is 0 Å². The molecule has 2 aromatic carbocycles. The van der Waals surface area contributed by atoms with Crippen molar-refractivity contribution in [2.75, 3.05) is 32.6 Å². The second-order valence-electron chi connectivity index (χ2n) is 6.77. The topological polar surface area (TPSA) is 103 Å². The number of halogens is 2. The van der Waals surface area contributed by atoms with Gasteiger partial charge in [0.15, 0.2) is 0 Å². The minimum absolute atomic E-state index is 0.0175. The molecule has 9 heteroatoms. The lowest BCUT2D eigenvalue weighted by Crippen LogP contribution is -2.40. The van der Waals surface area contributed by atoms with Crippen LogP contribution in [0.15, 0.2) is 42.5 Å². The van der Waals surface area contributed by atoms with Gasteiger partial charge in [0.1, 0.15) is 17.2 Å². The summed E-state index contributed by atoms with van der Waals surface area (Å²) in [6.07, 6.45) is 0.971. The highest BCUT2D eigenvalue weighted by atomic mass is 19.1. The van der Waals surface area contributed by atoms with Crippen LogP contribution in [-0.4, -0.2) is 55.0 Å². The number of carbonyl (C=O) groups is 2. The van der Waals surface area contributed by atoms with Crippen molar-refractivity contribution in [1.29, 1.82) is 5.41 Å². The molecule has 2 aromatic rings. The van der Waals surface area contributed by atoms with Gasteiger partial charge < -0.3 is 25.5 Å². The minimum Gasteiger partial charge on any atom is -0.453 e. The minimum atomic E-state index is -0.931. The predicted octanol–water partition coefficient (Wildman–Crippen LogP) is 3.67. The number of carbonyl (C=O) groups excluding carboxylic acids is 2. The first-order valence-corrected chi connectivity index (χ1v) is 9.62. The SMILES string of the molecule is CO.COC(=O)N1CCC(C(=N)c2ccc(NC(=O)c3c(F)cccc3F)cc2)CC1. The van der Waals surface area contributed by atoms with Crippen LogP contribution in [-0.2, 0) is 4.74 Å². The van der Waals surface area contributed by atoms with Gasteiger partial charge in [0.05, 0.1) is 7.11 Å². The van der Waals surface area contributed by atoms with E-state index in [9.17, 15) is 18.4 Å². The van der Waals surface area contributed by atoms with E-state index in [4.69, 9.17) is 15.3 Å². The molecular weight excluding hydrogens is 408 g/mol. The Morgan fingerprint density at radius 3 is 2.13 bits per heavy atom. The van der Waals surface area contributed by atoms with Crippen molar-refractivity contribution < 1.29 is 28.2 Å². The van der Waals surface area contributed by atoms with E-state index in [1.807, 2.05) is 0 Å². The summed E-state index contributed by atoms with van der Waals surface area (Å²) in [4.78, 5) is 25.3. The second-order valence-corrected chi connectivity index (χ2v) is 6.77. The number of likely N-dealkylation sites (tertiary alicyclic amines) is 1. The van der Waals surface area contributed by atoms with Gasteiger partial charge in [-0.2, -0.15) is 0 Å². The van der Waals surface area contributed by atoms with Gasteiger partial charge in [0.25, 0.3) is 5.91 Å². The Bertz CT molecular complexity index is 907. The van der Waals surface area contributed by atoms with Gasteiger partial charge in [-0.3, -0.25) is 4.79 Å². The Morgan fingerprint density at radius 1 is 1.06 bits per heavy atom. The van der Waals surface area contributed by atoms with Crippen molar-refractivity contribution in [2.45, 2.75) is 12.8 Å². The normalized spacial score (nSPS) is 13.6. The number of rotatable bonds is 4. The van der Waals surface area contributed by atoms with E-state index in [0.717, 1.165) is 19.2 Å². The lowest BCUT2D eigenvalue weighted by molar-refractivity contribution is 0.101. The van der Waals surface area contributed by atoms with E-state index in [1.54, 1.807) is 29.2 Å². The highest BCUT2D eigenvalue weighted by Crippen LogP contribution is 2.23. The average molecular weight is 433 g/mol. The van der Waals surface area contributed by atoms with Gasteiger partial charge in [-0.1, -0.05) is 18.2 Å². The molecular formula is C22H25F2N3O4. The number of nitrogens with zero attached hydrogens (tertiary/aromatic N) is 1. The maximum atomic E-state index is 13.7. The summed E-state index contributed by atoms with van der Waals surface area (Å²) >= 11 is 0. The number of hydrogen-bond donors (Lipinski definition) is 3. The van der Waals surface area contributed by atoms with Crippen LogP contribution in [0.5, 0.6) is 0 Å². The molecule has 0 aliphatic carbocycles. The maximum absolute atomic E-state index is 13.7. The number of aliphatic hydroxyl groups is 1. The summed E-state index contributed by atoms with van der Waals surface area (Å²) in [6.45, 7) is 1.06. The molecule has 0 radical (unpaired) electrons. The van der Waals surface area contributed by atoms with Crippen LogP contribution in [0.25, 0.3) is 0 Å². The van der Waals surface area contributed by atoms with Crippen molar-refractivity contribution in [3.8, 4) is 0 Å². The van der Waals surface area contributed by atoms with Gasteiger partial charge in [-0.25, -0.2) is 13.6 Å². The third-order valence-electron chi connectivity index (χ3n) is 4.98. The van der Waals surface area contributed by atoms with E-state index in [1.165, 1.54) is 13.2 Å². The van der Waals surface area contributed by atoms with Crippen molar-refractivity contribution >= 4 is 23.4 Å². The Hall–Kier alpha value is -3.33. The summed E-state index contributed by atoms with van der Waals surface area (Å²) < 4.78 is 32.2. The fourth-order valence-electron chi connectivity index (χ4n) is 3.36. The molecule has 2 amide bonds. The van der Waals surface area contributed by atoms with Gasteiger partial charge in [0.2, 0.25) is 0 Å². The summed E-state index contributed by atoms with van der Waals surface area (Å²) in [5.41, 5.74) is 0.875. The zero-order valence-electron chi connectivity index (χ0n) is 17.3. The average Bonchev–Trinajstić information content (AvgIpc) is 2.80. The molecule has 7 nitrogen and oxygen atoms in total. The van der Waals surface area contributed by atoms with Crippen molar-refractivity contribution in [2.24, 2.45) is 5.92 Å². The van der Waals surface area contributed by atoms with E-state index in [0.29, 0.717) is 42.9 Å².